The average molecular weight is 350 g/mol. The van der Waals surface area contributed by atoms with Gasteiger partial charge in [-0.3, -0.25) is 0 Å². The van der Waals surface area contributed by atoms with Gasteiger partial charge in [0.2, 0.25) is 0 Å². The van der Waals surface area contributed by atoms with Gasteiger partial charge < -0.3 is 0 Å². The first-order chi connectivity index (χ1) is 6.77. The molecule has 72 valence electrons. The van der Waals surface area contributed by atoms with E-state index in [-0.39, 0.29) is 0 Å². The summed E-state index contributed by atoms with van der Waals surface area (Å²) in [7, 11) is 0. The molecule has 0 nitrogen and oxygen atoms in total. The molecule has 0 radical (unpaired) electrons. The number of hydrogen-bond acceptors (Lipinski definition) is 2. The zero-order valence-corrected chi connectivity index (χ0v) is 11.8. The zero-order valence-electron chi connectivity index (χ0n) is 7.04. The van der Waals surface area contributed by atoms with E-state index < -0.39 is 0 Å². The van der Waals surface area contributed by atoms with Gasteiger partial charge in [0.25, 0.3) is 0 Å². The van der Waals surface area contributed by atoms with Gasteiger partial charge in [0.05, 0.1) is 0 Å². The maximum Gasteiger partial charge on any atom is 0.0354 e. The van der Waals surface area contributed by atoms with Crippen molar-refractivity contribution in [3.63, 3.8) is 0 Å². The maximum absolute atomic E-state index is 3.50. The molecule has 2 aromatic rings. The third-order valence-electron chi connectivity index (χ3n) is 1.73. The fraction of sp³-hybridized carbons (Fsp3) is 0. The van der Waals surface area contributed by atoms with Crippen molar-refractivity contribution in [3.05, 3.63) is 41.6 Å². The Balaban J connectivity index is 2.23. The molecule has 0 fully saturated rings. The lowest BCUT2D eigenvalue weighted by molar-refractivity contribution is 1.77. The number of halogens is 2. The van der Waals surface area contributed by atoms with Gasteiger partial charge in [-0.15, -0.1) is 0 Å². The van der Waals surface area contributed by atoms with E-state index in [9.17, 15) is 0 Å². The Morgan fingerprint density at radius 3 is 1.50 bits per heavy atom. The van der Waals surface area contributed by atoms with Crippen LogP contribution in [0.25, 0.3) is 12.2 Å². The minimum absolute atomic E-state index is 1.16. The highest BCUT2D eigenvalue weighted by Crippen LogP contribution is 2.26. The summed E-state index contributed by atoms with van der Waals surface area (Å²) in [5, 5.41) is 8.42. The summed E-state index contributed by atoms with van der Waals surface area (Å²) in [5.41, 5.74) is 2.46. The average Bonchev–Trinajstić information content (AvgIpc) is 2.72. The van der Waals surface area contributed by atoms with Crippen molar-refractivity contribution in [1.82, 2.24) is 0 Å². The van der Waals surface area contributed by atoms with Crippen LogP contribution in [0.1, 0.15) is 11.1 Å². The highest BCUT2D eigenvalue weighted by Gasteiger charge is 1.98. The van der Waals surface area contributed by atoms with E-state index in [2.05, 4.69) is 65.5 Å². The molecule has 2 heterocycles. The molecule has 0 bridgehead atoms. The molecule has 0 aromatic carbocycles. The summed E-state index contributed by atoms with van der Waals surface area (Å²) in [6.45, 7) is 0. The van der Waals surface area contributed by atoms with Gasteiger partial charge in [0.15, 0.2) is 0 Å². The molecule has 2 rings (SSSR count). The van der Waals surface area contributed by atoms with E-state index >= 15 is 0 Å². The standard InChI is InChI=1S/C10H6Br2S2/c11-9-5-13-3-7(9)1-2-8-4-14-6-10(8)12/h1-6H/b2-1+. The van der Waals surface area contributed by atoms with Crippen molar-refractivity contribution < 1.29 is 0 Å². The van der Waals surface area contributed by atoms with Crippen LogP contribution in [0.3, 0.4) is 0 Å². The lowest BCUT2D eigenvalue weighted by atomic mass is 10.2. The van der Waals surface area contributed by atoms with Crippen LogP contribution in [0.15, 0.2) is 30.5 Å². The lowest BCUT2D eigenvalue weighted by Gasteiger charge is -1.89. The number of thiophene rings is 2. The summed E-state index contributed by atoms with van der Waals surface area (Å²) in [6.07, 6.45) is 4.24. The number of rotatable bonds is 2. The van der Waals surface area contributed by atoms with Crippen LogP contribution in [0.4, 0.5) is 0 Å². The van der Waals surface area contributed by atoms with Gasteiger partial charge in [-0.25, -0.2) is 0 Å². The molecule has 0 aliphatic rings. The normalized spacial score (nSPS) is 11.3. The molecular formula is C10H6Br2S2. The molecule has 0 amide bonds. The second-order valence-corrected chi connectivity index (χ2v) is 5.88. The summed E-state index contributed by atoms with van der Waals surface area (Å²) in [5.74, 6) is 0. The van der Waals surface area contributed by atoms with E-state index in [1.807, 2.05) is 0 Å². The largest absolute Gasteiger partial charge is 0.151 e. The molecule has 0 saturated carbocycles. The third-order valence-corrected chi connectivity index (χ3v) is 5.23. The van der Waals surface area contributed by atoms with Gasteiger partial charge in [-0.05, 0) is 53.7 Å². The summed E-state index contributed by atoms with van der Waals surface area (Å²) in [4.78, 5) is 0. The molecule has 0 aliphatic carbocycles. The van der Waals surface area contributed by atoms with Crippen molar-refractivity contribution >= 4 is 66.7 Å². The summed E-state index contributed by atoms with van der Waals surface area (Å²) >= 11 is 10.4. The molecular weight excluding hydrogens is 344 g/mol. The minimum atomic E-state index is 1.16. The van der Waals surface area contributed by atoms with Crippen LogP contribution in [-0.2, 0) is 0 Å². The molecule has 0 unspecified atom stereocenters. The molecule has 14 heavy (non-hydrogen) atoms. The fourth-order valence-electron chi connectivity index (χ4n) is 1.00. The van der Waals surface area contributed by atoms with Crippen LogP contribution >= 0.6 is 54.5 Å². The van der Waals surface area contributed by atoms with Crippen molar-refractivity contribution in [3.8, 4) is 0 Å². The van der Waals surface area contributed by atoms with Crippen LogP contribution in [-0.4, -0.2) is 0 Å². The smallest absolute Gasteiger partial charge is 0.0354 e. The molecule has 0 spiro atoms. The number of hydrogen-bond donors (Lipinski definition) is 0. The van der Waals surface area contributed by atoms with E-state index in [4.69, 9.17) is 0 Å². The van der Waals surface area contributed by atoms with Crippen molar-refractivity contribution in [1.29, 1.82) is 0 Å². The highest BCUT2D eigenvalue weighted by atomic mass is 79.9. The van der Waals surface area contributed by atoms with E-state index in [1.165, 1.54) is 11.1 Å². The van der Waals surface area contributed by atoms with Gasteiger partial charge in [0.1, 0.15) is 0 Å². The monoisotopic (exact) mass is 348 g/mol. The molecule has 0 N–H and O–H groups in total. The van der Waals surface area contributed by atoms with E-state index in [0.29, 0.717) is 0 Å². The second-order valence-electron chi connectivity index (χ2n) is 2.68. The van der Waals surface area contributed by atoms with E-state index in [1.54, 1.807) is 22.7 Å². The first-order valence-corrected chi connectivity index (χ1v) is 7.36. The molecule has 0 aliphatic heterocycles. The van der Waals surface area contributed by atoms with E-state index in [0.717, 1.165) is 8.95 Å². The van der Waals surface area contributed by atoms with Gasteiger partial charge in [-0.1, -0.05) is 12.2 Å². The van der Waals surface area contributed by atoms with Crippen LogP contribution in [0, 0.1) is 0 Å². The van der Waals surface area contributed by atoms with Crippen LogP contribution in [0.5, 0.6) is 0 Å². The SMILES string of the molecule is Brc1cscc1/C=C/c1cscc1Br. The fourth-order valence-corrected chi connectivity index (χ4v) is 3.80. The van der Waals surface area contributed by atoms with Crippen molar-refractivity contribution in [2.75, 3.05) is 0 Å². The Labute approximate surface area is 108 Å². The third kappa shape index (κ3) is 2.37. The topological polar surface area (TPSA) is 0 Å². The minimum Gasteiger partial charge on any atom is -0.151 e. The van der Waals surface area contributed by atoms with Crippen molar-refractivity contribution in [2.45, 2.75) is 0 Å². The predicted molar refractivity (Wildman–Crippen MR) is 73.0 cm³/mol. The first kappa shape index (κ1) is 10.6. The van der Waals surface area contributed by atoms with Crippen LogP contribution in [0.2, 0.25) is 0 Å². The Morgan fingerprint density at radius 1 is 0.786 bits per heavy atom. The highest BCUT2D eigenvalue weighted by molar-refractivity contribution is 9.11. The Kier molecular flexibility index (Phi) is 3.60. The Morgan fingerprint density at radius 2 is 1.21 bits per heavy atom. The summed E-state index contributed by atoms with van der Waals surface area (Å²) in [6, 6.07) is 0. The Hall–Kier alpha value is 0.1000. The maximum atomic E-state index is 3.50. The quantitative estimate of drug-likeness (QED) is 0.671. The van der Waals surface area contributed by atoms with Gasteiger partial charge in [0, 0.05) is 19.7 Å². The first-order valence-electron chi connectivity index (χ1n) is 3.89. The molecule has 0 atom stereocenters. The predicted octanol–water partition coefficient (Wildman–Crippen LogP) is 5.51. The zero-order chi connectivity index (χ0) is 9.97. The second kappa shape index (κ2) is 4.75. The Bertz CT molecular complexity index is 412. The van der Waals surface area contributed by atoms with Gasteiger partial charge >= 0.3 is 0 Å². The molecule has 4 heteroatoms. The van der Waals surface area contributed by atoms with Crippen LogP contribution < -0.4 is 0 Å². The summed E-state index contributed by atoms with van der Waals surface area (Å²) < 4.78 is 2.32. The van der Waals surface area contributed by atoms with Crippen molar-refractivity contribution in [2.24, 2.45) is 0 Å². The lowest BCUT2D eigenvalue weighted by Crippen LogP contribution is -1.66. The molecule has 2 aromatic heterocycles. The van der Waals surface area contributed by atoms with Gasteiger partial charge in [-0.2, -0.15) is 22.7 Å². The molecule has 0 saturated heterocycles.